The molecule has 0 radical (unpaired) electrons. The van der Waals surface area contributed by atoms with Crippen molar-refractivity contribution in [2.45, 2.75) is 32.8 Å². The van der Waals surface area contributed by atoms with Crippen LogP contribution in [0.25, 0.3) is 0 Å². The predicted molar refractivity (Wildman–Crippen MR) is 103 cm³/mol. The van der Waals surface area contributed by atoms with Crippen LogP contribution in [0.2, 0.25) is 0 Å². The van der Waals surface area contributed by atoms with Crippen LogP contribution in [-0.2, 0) is 20.7 Å². The molecule has 0 spiro atoms. The Hall–Kier alpha value is -2.66. The minimum Gasteiger partial charge on any atom is -0.374 e. The Labute approximate surface area is 154 Å². The van der Waals surface area contributed by atoms with Crippen molar-refractivity contribution in [2.75, 3.05) is 18.5 Å². The van der Waals surface area contributed by atoms with Crippen LogP contribution in [0.1, 0.15) is 37.5 Å². The van der Waals surface area contributed by atoms with Crippen molar-refractivity contribution in [3.63, 3.8) is 0 Å². The Balaban J connectivity index is 1.62. The van der Waals surface area contributed by atoms with Crippen LogP contribution in [0.15, 0.2) is 54.6 Å². The first kappa shape index (κ1) is 19.7. The Morgan fingerprint density at radius 2 is 1.73 bits per heavy atom. The van der Waals surface area contributed by atoms with Crippen LogP contribution in [0.3, 0.4) is 0 Å². The SMILES string of the molecule is CC(=O)Nc1ccc(CC(=O)NCCCOC(C)c2ccccc2)cc1. The van der Waals surface area contributed by atoms with Crippen molar-refractivity contribution in [2.24, 2.45) is 0 Å². The molecular formula is C21H26N2O3. The highest BCUT2D eigenvalue weighted by atomic mass is 16.5. The van der Waals surface area contributed by atoms with Gasteiger partial charge in [0.15, 0.2) is 0 Å². The molecule has 2 rings (SSSR count). The quantitative estimate of drug-likeness (QED) is 0.678. The minimum atomic E-state index is -0.112. The molecule has 0 saturated carbocycles. The van der Waals surface area contributed by atoms with Crippen molar-refractivity contribution in [3.05, 3.63) is 65.7 Å². The molecule has 1 unspecified atom stereocenters. The Morgan fingerprint density at radius 3 is 2.38 bits per heavy atom. The van der Waals surface area contributed by atoms with Gasteiger partial charge in [0.1, 0.15) is 0 Å². The standard InChI is InChI=1S/C21H26N2O3/c1-16(19-7-4-3-5-8-19)26-14-6-13-22-21(25)15-18-9-11-20(12-10-18)23-17(2)24/h3-5,7-12,16H,6,13-15H2,1-2H3,(H,22,25)(H,23,24). The van der Waals surface area contributed by atoms with Crippen molar-refractivity contribution in [3.8, 4) is 0 Å². The first-order valence-corrected chi connectivity index (χ1v) is 8.84. The van der Waals surface area contributed by atoms with Gasteiger partial charge in [-0.05, 0) is 36.6 Å². The number of amides is 2. The van der Waals surface area contributed by atoms with E-state index in [4.69, 9.17) is 4.74 Å². The lowest BCUT2D eigenvalue weighted by Crippen LogP contribution is -2.26. The third-order valence-corrected chi connectivity index (χ3v) is 3.92. The first-order valence-electron chi connectivity index (χ1n) is 8.84. The number of ether oxygens (including phenoxy) is 1. The second kappa shape index (κ2) is 10.4. The number of hydrogen-bond donors (Lipinski definition) is 2. The van der Waals surface area contributed by atoms with E-state index in [1.165, 1.54) is 6.92 Å². The fraction of sp³-hybridized carbons (Fsp3) is 0.333. The molecular weight excluding hydrogens is 328 g/mol. The molecule has 0 heterocycles. The van der Waals surface area contributed by atoms with E-state index in [-0.39, 0.29) is 17.9 Å². The van der Waals surface area contributed by atoms with Crippen LogP contribution in [0.5, 0.6) is 0 Å². The zero-order chi connectivity index (χ0) is 18.8. The number of nitrogens with one attached hydrogen (secondary N) is 2. The summed E-state index contributed by atoms with van der Waals surface area (Å²) in [7, 11) is 0. The molecule has 0 fully saturated rings. The van der Waals surface area contributed by atoms with E-state index in [1.54, 1.807) is 12.1 Å². The average Bonchev–Trinajstić information content (AvgIpc) is 2.63. The van der Waals surface area contributed by atoms with Crippen LogP contribution in [-0.4, -0.2) is 25.0 Å². The van der Waals surface area contributed by atoms with Crippen molar-refractivity contribution < 1.29 is 14.3 Å². The lowest BCUT2D eigenvalue weighted by molar-refractivity contribution is -0.120. The molecule has 5 nitrogen and oxygen atoms in total. The third kappa shape index (κ3) is 7.07. The smallest absolute Gasteiger partial charge is 0.224 e. The fourth-order valence-corrected chi connectivity index (χ4v) is 2.54. The van der Waals surface area contributed by atoms with Crippen LogP contribution >= 0.6 is 0 Å². The first-order chi connectivity index (χ1) is 12.5. The summed E-state index contributed by atoms with van der Waals surface area (Å²) >= 11 is 0. The van der Waals surface area contributed by atoms with E-state index >= 15 is 0 Å². The van der Waals surface area contributed by atoms with E-state index in [0.717, 1.165) is 23.2 Å². The van der Waals surface area contributed by atoms with Crippen LogP contribution < -0.4 is 10.6 Å². The minimum absolute atomic E-state index is 0.0200. The molecule has 0 saturated heterocycles. The molecule has 0 aliphatic heterocycles. The van der Waals surface area contributed by atoms with Gasteiger partial charge in [0.2, 0.25) is 11.8 Å². The molecule has 2 aromatic carbocycles. The molecule has 2 aromatic rings. The second-order valence-corrected chi connectivity index (χ2v) is 6.18. The molecule has 2 amide bonds. The number of benzene rings is 2. The maximum Gasteiger partial charge on any atom is 0.224 e. The summed E-state index contributed by atoms with van der Waals surface area (Å²) in [6.07, 6.45) is 1.14. The Bertz CT molecular complexity index is 699. The van der Waals surface area contributed by atoms with E-state index in [9.17, 15) is 9.59 Å². The zero-order valence-corrected chi connectivity index (χ0v) is 15.3. The highest BCUT2D eigenvalue weighted by Gasteiger charge is 2.06. The number of rotatable bonds is 9. The normalized spacial score (nSPS) is 11.6. The number of hydrogen-bond acceptors (Lipinski definition) is 3. The highest BCUT2D eigenvalue weighted by Crippen LogP contribution is 2.15. The molecule has 5 heteroatoms. The summed E-state index contributed by atoms with van der Waals surface area (Å²) in [6, 6.07) is 17.3. The highest BCUT2D eigenvalue weighted by molar-refractivity contribution is 5.88. The van der Waals surface area contributed by atoms with Gasteiger partial charge in [-0.15, -0.1) is 0 Å². The van der Waals surface area contributed by atoms with Gasteiger partial charge in [0.25, 0.3) is 0 Å². The molecule has 2 N–H and O–H groups in total. The van der Waals surface area contributed by atoms with Crippen LogP contribution in [0.4, 0.5) is 5.69 Å². The van der Waals surface area contributed by atoms with Gasteiger partial charge < -0.3 is 15.4 Å². The Kier molecular flexibility index (Phi) is 7.83. The number of carbonyl (C=O) groups is 2. The maximum atomic E-state index is 12.0. The molecule has 138 valence electrons. The van der Waals surface area contributed by atoms with Gasteiger partial charge >= 0.3 is 0 Å². The van der Waals surface area contributed by atoms with Gasteiger partial charge in [0.05, 0.1) is 12.5 Å². The molecule has 0 aliphatic rings. The third-order valence-electron chi connectivity index (χ3n) is 3.92. The van der Waals surface area contributed by atoms with Gasteiger partial charge in [-0.2, -0.15) is 0 Å². The van der Waals surface area contributed by atoms with Crippen LogP contribution in [0, 0.1) is 0 Å². The number of anilines is 1. The average molecular weight is 354 g/mol. The van der Waals surface area contributed by atoms with Crippen molar-refractivity contribution >= 4 is 17.5 Å². The van der Waals surface area contributed by atoms with E-state index in [0.29, 0.717) is 19.6 Å². The molecule has 0 aliphatic carbocycles. The predicted octanol–water partition coefficient (Wildman–Crippen LogP) is 3.47. The summed E-state index contributed by atoms with van der Waals surface area (Å²) in [6.45, 7) is 4.68. The van der Waals surface area contributed by atoms with E-state index < -0.39 is 0 Å². The Morgan fingerprint density at radius 1 is 1.04 bits per heavy atom. The maximum absolute atomic E-state index is 12.0. The van der Waals surface area contributed by atoms with E-state index in [2.05, 4.69) is 10.6 Å². The summed E-state index contributed by atoms with van der Waals surface area (Å²) in [5, 5.41) is 5.60. The van der Waals surface area contributed by atoms with Crippen molar-refractivity contribution in [1.82, 2.24) is 5.32 Å². The fourth-order valence-electron chi connectivity index (χ4n) is 2.54. The van der Waals surface area contributed by atoms with Gasteiger partial charge in [-0.25, -0.2) is 0 Å². The lowest BCUT2D eigenvalue weighted by Gasteiger charge is -2.13. The van der Waals surface area contributed by atoms with E-state index in [1.807, 2.05) is 49.4 Å². The summed E-state index contributed by atoms with van der Waals surface area (Å²) in [5.41, 5.74) is 2.79. The molecule has 0 aromatic heterocycles. The summed E-state index contributed by atoms with van der Waals surface area (Å²) in [5.74, 6) is -0.132. The number of carbonyl (C=O) groups excluding carboxylic acids is 2. The summed E-state index contributed by atoms with van der Waals surface area (Å²) in [4.78, 5) is 23.0. The monoisotopic (exact) mass is 354 g/mol. The molecule has 26 heavy (non-hydrogen) atoms. The molecule has 1 atom stereocenters. The van der Waals surface area contributed by atoms with Crippen molar-refractivity contribution in [1.29, 1.82) is 0 Å². The van der Waals surface area contributed by atoms with Gasteiger partial charge in [0, 0.05) is 25.8 Å². The topological polar surface area (TPSA) is 67.4 Å². The largest absolute Gasteiger partial charge is 0.374 e. The zero-order valence-electron chi connectivity index (χ0n) is 15.3. The summed E-state index contributed by atoms with van der Waals surface area (Å²) < 4.78 is 5.79. The van der Waals surface area contributed by atoms with Gasteiger partial charge in [-0.1, -0.05) is 42.5 Å². The van der Waals surface area contributed by atoms with Gasteiger partial charge in [-0.3, -0.25) is 9.59 Å². The second-order valence-electron chi connectivity index (χ2n) is 6.18. The lowest BCUT2D eigenvalue weighted by atomic mass is 10.1. The molecule has 0 bridgehead atoms.